The first kappa shape index (κ1) is 15.7. The van der Waals surface area contributed by atoms with E-state index in [0.29, 0.717) is 38.5 Å². The smallest absolute Gasteiger partial charge is 0.224 e. The molecule has 0 spiro atoms. The molecule has 0 saturated carbocycles. The van der Waals surface area contributed by atoms with E-state index in [4.69, 9.17) is 4.74 Å². The third-order valence-electron chi connectivity index (χ3n) is 3.96. The number of nitrogens with zero attached hydrogens (tertiary/aromatic N) is 5. The molecule has 0 aliphatic carbocycles. The van der Waals surface area contributed by atoms with Crippen LogP contribution in [0.3, 0.4) is 0 Å². The quantitative estimate of drug-likeness (QED) is 0.905. The van der Waals surface area contributed by atoms with Crippen LogP contribution >= 0.6 is 0 Å². The van der Waals surface area contributed by atoms with Crippen LogP contribution in [0.25, 0.3) is 0 Å². The summed E-state index contributed by atoms with van der Waals surface area (Å²) in [7, 11) is 0. The first-order valence-electron chi connectivity index (χ1n) is 7.82. The number of amides is 1. The Labute approximate surface area is 134 Å². The third kappa shape index (κ3) is 3.58. The Morgan fingerprint density at radius 1 is 1.43 bits per heavy atom. The Morgan fingerprint density at radius 3 is 2.91 bits per heavy atom. The van der Waals surface area contributed by atoms with E-state index < -0.39 is 0 Å². The number of rotatable bonds is 4. The summed E-state index contributed by atoms with van der Waals surface area (Å²) >= 11 is 0. The van der Waals surface area contributed by atoms with Crippen molar-refractivity contribution in [3.63, 3.8) is 0 Å². The summed E-state index contributed by atoms with van der Waals surface area (Å²) in [6.45, 7) is 8.00. The third-order valence-corrected chi connectivity index (χ3v) is 3.96. The van der Waals surface area contributed by atoms with Crippen molar-refractivity contribution in [2.24, 2.45) is 0 Å². The standard InChI is InChI=1S/C15H22N6O2/c1-10-8-11(2)21(19-10)5-4-14(22)20-6-7-23-13(9-20)15-16-12(3)17-18-15/h8,13H,4-7,9H2,1-3H3,(H,16,17,18). The van der Waals surface area contributed by atoms with Crippen LogP contribution in [-0.4, -0.2) is 55.5 Å². The molecule has 1 saturated heterocycles. The molecule has 1 amide bonds. The van der Waals surface area contributed by atoms with E-state index in [1.165, 1.54) is 0 Å². The Hall–Kier alpha value is -2.22. The molecule has 8 heteroatoms. The maximum atomic E-state index is 12.5. The molecular formula is C15H22N6O2. The average Bonchev–Trinajstić information content (AvgIpc) is 3.10. The minimum absolute atomic E-state index is 0.109. The fourth-order valence-electron chi connectivity index (χ4n) is 2.80. The molecule has 1 aliphatic rings. The molecule has 0 bridgehead atoms. The van der Waals surface area contributed by atoms with E-state index in [1.54, 1.807) is 0 Å². The van der Waals surface area contributed by atoms with Crippen LogP contribution in [0, 0.1) is 20.8 Å². The van der Waals surface area contributed by atoms with Gasteiger partial charge in [0, 0.05) is 25.2 Å². The summed E-state index contributed by atoms with van der Waals surface area (Å²) in [5.74, 6) is 1.47. The molecule has 0 radical (unpaired) electrons. The zero-order valence-corrected chi connectivity index (χ0v) is 13.7. The first-order valence-corrected chi connectivity index (χ1v) is 7.82. The fourth-order valence-corrected chi connectivity index (χ4v) is 2.80. The highest BCUT2D eigenvalue weighted by Gasteiger charge is 2.27. The van der Waals surface area contributed by atoms with Gasteiger partial charge < -0.3 is 9.64 Å². The van der Waals surface area contributed by atoms with Gasteiger partial charge in [-0.3, -0.25) is 14.6 Å². The number of ether oxygens (including phenoxy) is 1. The van der Waals surface area contributed by atoms with Gasteiger partial charge in [0.15, 0.2) is 5.82 Å². The van der Waals surface area contributed by atoms with Crippen molar-refractivity contribution in [3.05, 3.63) is 29.1 Å². The first-order chi connectivity index (χ1) is 11.0. The zero-order valence-electron chi connectivity index (χ0n) is 13.7. The van der Waals surface area contributed by atoms with Gasteiger partial charge >= 0.3 is 0 Å². The van der Waals surface area contributed by atoms with Crippen molar-refractivity contribution in [1.29, 1.82) is 0 Å². The molecule has 3 rings (SSSR count). The molecule has 1 fully saturated rings. The van der Waals surface area contributed by atoms with Gasteiger partial charge in [-0.25, -0.2) is 4.98 Å². The fraction of sp³-hybridized carbons (Fsp3) is 0.600. The lowest BCUT2D eigenvalue weighted by Gasteiger charge is -2.31. The number of hydrogen-bond acceptors (Lipinski definition) is 5. The van der Waals surface area contributed by atoms with Crippen molar-refractivity contribution in [3.8, 4) is 0 Å². The Balaban J connectivity index is 1.57. The molecule has 0 aromatic carbocycles. The highest BCUT2D eigenvalue weighted by Crippen LogP contribution is 2.19. The second-order valence-corrected chi connectivity index (χ2v) is 5.88. The molecule has 1 unspecified atom stereocenters. The monoisotopic (exact) mass is 318 g/mol. The van der Waals surface area contributed by atoms with Crippen molar-refractivity contribution in [1.82, 2.24) is 29.9 Å². The lowest BCUT2D eigenvalue weighted by Crippen LogP contribution is -2.42. The second-order valence-electron chi connectivity index (χ2n) is 5.88. The Morgan fingerprint density at radius 2 is 2.26 bits per heavy atom. The normalized spacial score (nSPS) is 18.4. The minimum atomic E-state index is -0.258. The van der Waals surface area contributed by atoms with E-state index in [0.717, 1.165) is 17.2 Å². The molecular weight excluding hydrogens is 296 g/mol. The maximum absolute atomic E-state index is 12.5. The number of carbonyl (C=O) groups is 1. The number of aromatic nitrogens is 5. The molecule has 2 aromatic rings. The van der Waals surface area contributed by atoms with Crippen molar-refractivity contribution < 1.29 is 9.53 Å². The minimum Gasteiger partial charge on any atom is -0.366 e. The topological polar surface area (TPSA) is 88.9 Å². The maximum Gasteiger partial charge on any atom is 0.224 e. The van der Waals surface area contributed by atoms with Gasteiger partial charge in [-0.15, -0.1) is 0 Å². The Bertz CT molecular complexity index is 692. The molecule has 8 nitrogen and oxygen atoms in total. The molecule has 1 N–H and O–H groups in total. The highest BCUT2D eigenvalue weighted by molar-refractivity contribution is 5.76. The lowest BCUT2D eigenvalue weighted by atomic mass is 10.2. The van der Waals surface area contributed by atoms with Gasteiger partial charge in [0.05, 0.1) is 18.8 Å². The number of morpholine rings is 1. The van der Waals surface area contributed by atoms with Gasteiger partial charge in [0.2, 0.25) is 5.91 Å². The van der Waals surface area contributed by atoms with Gasteiger partial charge in [-0.1, -0.05) is 0 Å². The number of hydrogen-bond donors (Lipinski definition) is 1. The number of nitrogens with one attached hydrogen (secondary N) is 1. The van der Waals surface area contributed by atoms with Crippen LogP contribution in [0.15, 0.2) is 6.07 Å². The van der Waals surface area contributed by atoms with Crippen LogP contribution in [-0.2, 0) is 16.1 Å². The van der Waals surface area contributed by atoms with Crippen LogP contribution < -0.4 is 0 Å². The number of carbonyl (C=O) groups excluding carboxylic acids is 1. The lowest BCUT2D eigenvalue weighted by molar-refractivity contribution is -0.139. The van der Waals surface area contributed by atoms with E-state index in [2.05, 4.69) is 20.3 Å². The number of H-pyrrole nitrogens is 1. The summed E-state index contributed by atoms with van der Waals surface area (Å²) in [6.07, 6.45) is 0.174. The van der Waals surface area contributed by atoms with Crippen LogP contribution in [0.2, 0.25) is 0 Å². The van der Waals surface area contributed by atoms with E-state index in [-0.39, 0.29) is 12.0 Å². The number of aromatic amines is 1. The van der Waals surface area contributed by atoms with Crippen molar-refractivity contribution in [2.45, 2.75) is 39.8 Å². The predicted molar refractivity (Wildman–Crippen MR) is 82.7 cm³/mol. The van der Waals surface area contributed by atoms with E-state index in [1.807, 2.05) is 36.4 Å². The molecule has 124 valence electrons. The van der Waals surface area contributed by atoms with Crippen molar-refractivity contribution in [2.75, 3.05) is 19.7 Å². The van der Waals surface area contributed by atoms with Crippen LogP contribution in [0.1, 0.15) is 35.6 Å². The molecule has 2 aromatic heterocycles. The molecule has 1 atom stereocenters. The summed E-state index contributed by atoms with van der Waals surface area (Å²) in [6, 6.07) is 2.01. The van der Waals surface area contributed by atoms with Crippen LogP contribution in [0.5, 0.6) is 0 Å². The summed E-state index contributed by atoms with van der Waals surface area (Å²) in [5.41, 5.74) is 2.05. The second kappa shape index (κ2) is 6.49. The van der Waals surface area contributed by atoms with Gasteiger partial charge in [-0.2, -0.15) is 10.2 Å². The highest BCUT2D eigenvalue weighted by atomic mass is 16.5. The molecule has 23 heavy (non-hydrogen) atoms. The number of aryl methyl sites for hydroxylation is 4. The van der Waals surface area contributed by atoms with Crippen molar-refractivity contribution >= 4 is 5.91 Å². The summed E-state index contributed by atoms with van der Waals surface area (Å²) < 4.78 is 7.57. The van der Waals surface area contributed by atoms with Gasteiger partial charge in [0.25, 0.3) is 0 Å². The van der Waals surface area contributed by atoms with Crippen LogP contribution in [0.4, 0.5) is 0 Å². The summed E-state index contributed by atoms with van der Waals surface area (Å²) in [4.78, 5) is 18.6. The predicted octanol–water partition coefficient (Wildman–Crippen LogP) is 0.917. The molecule has 1 aliphatic heterocycles. The Kier molecular flexibility index (Phi) is 4.42. The SMILES string of the molecule is Cc1cc(C)n(CCC(=O)N2CCOC(c3n[nH]c(C)n3)C2)n1. The summed E-state index contributed by atoms with van der Waals surface area (Å²) in [5, 5.41) is 11.3. The average molecular weight is 318 g/mol. The van der Waals surface area contributed by atoms with Gasteiger partial charge in [-0.05, 0) is 26.8 Å². The molecule has 3 heterocycles. The van der Waals surface area contributed by atoms with Gasteiger partial charge in [0.1, 0.15) is 11.9 Å². The van der Waals surface area contributed by atoms with E-state index in [9.17, 15) is 4.79 Å². The largest absolute Gasteiger partial charge is 0.366 e. The zero-order chi connectivity index (χ0) is 16.4. The van der Waals surface area contributed by atoms with E-state index >= 15 is 0 Å².